The molecule has 1 unspecified atom stereocenters. The lowest BCUT2D eigenvalue weighted by atomic mass is 10.1. The molecule has 1 aliphatic heterocycles. The van der Waals surface area contributed by atoms with E-state index in [2.05, 4.69) is 4.98 Å². The highest BCUT2D eigenvalue weighted by atomic mass is 19.1. The molecule has 2 aromatic carbocycles. The van der Waals surface area contributed by atoms with Crippen molar-refractivity contribution in [3.63, 3.8) is 0 Å². The summed E-state index contributed by atoms with van der Waals surface area (Å²) < 4.78 is 13.2. The summed E-state index contributed by atoms with van der Waals surface area (Å²) >= 11 is 0. The minimum Gasteiger partial charge on any atom is -0.312 e. The molecule has 146 valence electrons. The summed E-state index contributed by atoms with van der Waals surface area (Å²) in [6.45, 7) is 0.638. The van der Waals surface area contributed by atoms with Gasteiger partial charge in [-0.1, -0.05) is 36.4 Å². The summed E-state index contributed by atoms with van der Waals surface area (Å²) in [5, 5.41) is 0. The van der Waals surface area contributed by atoms with Crippen molar-refractivity contribution < 1.29 is 14.0 Å². The van der Waals surface area contributed by atoms with Crippen molar-refractivity contribution in [2.24, 2.45) is 5.92 Å². The van der Waals surface area contributed by atoms with E-state index in [-0.39, 0.29) is 30.6 Å². The minimum atomic E-state index is -0.488. The zero-order valence-corrected chi connectivity index (χ0v) is 15.7. The van der Waals surface area contributed by atoms with E-state index < -0.39 is 5.92 Å². The molecule has 3 aromatic rings. The third kappa shape index (κ3) is 4.16. The Morgan fingerprint density at radius 1 is 1.03 bits per heavy atom. The second-order valence-electron chi connectivity index (χ2n) is 6.98. The first-order valence-electron chi connectivity index (χ1n) is 9.44. The summed E-state index contributed by atoms with van der Waals surface area (Å²) in [5.74, 6) is -0.592. The average Bonchev–Trinajstić information content (AvgIpc) is 3.15. The second kappa shape index (κ2) is 8.22. The molecule has 2 heterocycles. The molecular formula is C23H20FN3O2. The van der Waals surface area contributed by atoms with Crippen LogP contribution in [-0.4, -0.2) is 23.3 Å². The highest BCUT2D eigenvalue weighted by Crippen LogP contribution is 2.28. The Morgan fingerprint density at radius 3 is 2.45 bits per heavy atom. The molecule has 0 radical (unpaired) electrons. The van der Waals surface area contributed by atoms with E-state index in [0.717, 1.165) is 5.56 Å². The summed E-state index contributed by atoms with van der Waals surface area (Å²) in [6.07, 6.45) is 1.76. The van der Waals surface area contributed by atoms with Crippen LogP contribution < -0.4 is 9.80 Å². The Hall–Kier alpha value is -3.54. The van der Waals surface area contributed by atoms with E-state index in [0.29, 0.717) is 18.1 Å². The summed E-state index contributed by atoms with van der Waals surface area (Å²) in [5.41, 5.74) is 1.57. The number of anilines is 2. The number of halogens is 1. The topological polar surface area (TPSA) is 53.5 Å². The first kappa shape index (κ1) is 18.8. The van der Waals surface area contributed by atoms with Gasteiger partial charge in [-0.05, 0) is 42.0 Å². The Balaban J connectivity index is 1.57. The SMILES string of the molecule is O=C1CC(C(=O)N(Cc2ccccc2)c2ccccn2)CN1c1ccc(F)cc1. The molecule has 1 fully saturated rings. The molecule has 4 rings (SSSR count). The van der Waals surface area contributed by atoms with Gasteiger partial charge in [0.05, 0.1) is 12.5 Å². The predicted octanol–water partition coefficient (Wildman–Crippen LogP) is 3.81. The first-order chi connectivity index (χ1) is 14.1. The number of carbonyl (C=O) groups is 2. The minimum absolute atomic E-state index is 0.119. The molecule has 2 amide bonds. The van der Waals surface area contributed by atoms with Crippen LogP contribution in [0.3, 0.4) is 0 Å². The van der Waals surface area contributed by atoms with Crippen LogP contribution in [0, 0.1) is 11.7 Å². The highest BCUT2D eigenvalue weighted by molar-refractivity contribution is 6.04. The Bertz CT molecular complexity index is 994. The van der Waals surface area contributed by atoms with Gasteiger partial charge in [0, 0.05) is 24.8 Å². The molecule has 0 aliphatic carbocycles. The van der Waals surface area contributed by atoms with Crippen LogP contribution in [0.1, 0.15) is 12.0 Å². The molecule has 0 N–H and O–H groups in total. The third-order valence-electron chi connectivity index (χ3n) is 4.99. The molecular weight excluding hydrogens is 369 g/mol. The normalized spacial score (nSPS) is 16.1. The molecule has 0 spiro atoms. The summed E-state index contributed by atoms with van der Waals surface area (Å²) in [7, 11) is 0. The number of aromatic nitrogens is 1. The van der Waals surface area contributed by atoms with E-state index in [9.17, 15) is 14.0 Å². The van der Waals surface area contributed by atoms with Gasteiger partial charge in [0.2, 0.25) is 11.8 Å². The number of pyridine rings is 1. The van der Waals surface area contributed by atoms with Gasteiger partial charge in [-0.3, -0.25) is 14.5 Å². The van der Waals surface area contributed by atoms with Crippen LogP contribution in [-0.2, 0) is 16.1 Å². The monoisotopic (exact) mass is 389 g/mol. The maximum Gasteiger partial charge on any atom is 0.233 e. The fourth-order valence-corrected chi connectivity index (χ4v) is 3.52. The largest absolute Gasteiger partial charge is 0.312 e. The number of carbonyl (C=O) groups excluding carboxylic acids is 2. The van der Waals surface area contributed by atoms with Crippen LogP contribution in [0.5, 0.6) is 0 Å². The maximum absolute atomic E-state index is 13.4. The maximum atomic E-state index is 13.4. The van der Waals surface area contributed by atoms with Crippen LogP contribution in [0.4, 0.5) is 15.9 Å². The highest BCUT2D eigenvalue weighted by Gasteiger charge is 2.38. The molecule has 0 bridgehead atoms. The van der Waals surface area contributed by atoms with Crippen molar-refractivity contribution in [1.82, 2.24) is 4.98 Å². The Morgan fingerprint density at radius 2 is 1.76 bits per heavy atom. The van der Waals surface area contributed by atoms with Crippen LogP contribution in [0.25, 0.3) is 0 Å². The van der Waals surface area contributed by atoms with Crippen LogP contribution >= 0.6 is 0 Å². The quantitative estimate of drug-likeness (QED) is 0.667. The van der Waals surface area contributed by atoms with Crippen LogP contribution in [0.2, 0.25) is 0 Å². The molecule has 6 heteroatoms. The van der Waals surface area contributed by atoms with E-state index in [4.69, 9.17) is 0 Å². The number of nitrogens with zero attached hydrogens (tertiary/aromatic N) is 3. The van der Waals surface area contributed by atoms with Gasteiger partial charge in [0.15, 0.2) is 0 Å². The van der Waals surface area contributed by atoms with Crippen molar-refractivity contribution >= 4 is 23.3 Å². The van der Waals surface area contributed by atoms with Gasteiger partial charge in [-0.2, -0.15) is 0 Å². The second-order valence-corrected chi connectivity index (χ2v) is 6.98. The van der Waals surface area contributed by atoms with Gasteiger partial charge in [0.1, 0.15) is 11.6 Å². The van der Waals surface area contributed by atoms with Crippen molar-refractivity contribution in [3.8, 4) is 0 Å². The van der Waals surface area contributed by atoms with Crippen molar-refractivity contribution in [3.05, 3.63) is 90.4 Å². The molecule has 1 aromatic heterocycles. The van der Waals surface area contributed by atoms with E-state index in [1.807, 2.05) is 36.4 Å². The average molecular weight is 389 g/mol. The van der Waals surface area contributed by atoms with Crippen molar-refractivity contribution in [2.75, 3.05) is 16.3 Å². The fourth-order valence-electron chi connectivity index (χ4n) is 3.52. The van der Waals surface area contributed by atoms with Gasteiger partial charge in [0.25, 0.3) is 0 Å². The fraction of sp³-hybridized carbons (Fsp3) is 0.174. The van der Waals surface area contributed by atoms with Crippen molar-refractivity contribution in [2.45, 2.75) is 13.0 Å². The number of benzene rings is 2. The lowest BCUT2D eigenvalue weighted by Gasteiger charge is -2.25. The molecule has 1 aliphatic rings. The standard InChI is InChI=1S/C23H20FN3O2/c24-19-9-11-20(12-10-19)26-16-18(14-22(26)28)23(29)27(21-8-4-5-13-25-21)15-17-6-2-1-3-7-17/h1-13,18H,14-16H2. The van der Waals surface area contributed by atoms with Gasteiger partial charge in [-0.15, -0.1) is 0 Å². The number of rotatable bonds is 5. The predicted molar refractivity (Wildman–Crippen MR) is 109 cm³/mol. The Labute approximate surface area is 168 Å². The zero-order valence-electron chi connectivity index (χ0n) is 15.7. The first-order valence-corrected chi connectivity index (χ1v) is 9.44. The molecule has 1 atom stereocenters. The Kier molecular flexibility index (Phi) is 5.33. The molecule has 0 saturated carbocycles. The van der Waals surface area contributed by atoms with E-state index in [1.54, 1.807) is 40.3 Å². The number of hydrogen-bond acceptors (Lipinski definition) is 3. The van der Waals surface area contributed by atoms with Gasteiger partial charge >= 0.3 is 0 Å². The third-order valence-corrected chi connectivity index (χ3v) is 4.99. The lowest BCUT2D eigenvalue weighted by molar-refractivity contribution is -0.124. The molecule has 29 heavy (non-hydrogen) atoms. The van der Waals surface area contributed by atoms with Crippen LogP contribution in [0.15, 0.2) is 79.0 Å². The number of amides is 2. The molecule has 5 nitrogen and oxygen atoms in total. The smallest absolute Gasteiger partial charge is 0.233 e. The van der Waals surface area contributed by atoms with Crippen molar-refractivity contribution in [1.29, 1.82) is 0 Å². The van der Waals surface area contributed by atoms with E-state index in [1.165, 1.54) is 12.1 Å². The summed E-state index contributed by atoms with van der Waals surface area (Å²) in [4.78, 5) is 33.4. The zero-order chi connectivity index (χ0) is 20.2. The lowest BCUT2D eigenvalue weighted by Crippen LogP contribution is -2.37. The summed E-state index contributed by atoms with van der Waals surface area (Å²) in [6, 6.07) is 20.8. The van der Waals surface area contributed by atoms with E-state index >= 15 is 0 Å². The molecule has 1 saturated heterocycles. The van der Waals surface area contributed by atoms with Gasteiger partial charge < -0.3 is 4.90 Å². The number of hydrogen-bond donors (Lipinski definition) is 0. The van der Waals surface area contributed by atoms with Gasteiger partial charge in [-0.25, -0.2) is 9.37 Å².